The summed E-state index contributed by atoms with van der Waals surface area (Å²) in [5, 5.41) is 9.00. The number of hydrogen-bond acceptors (Lipinski definition) is 1. The van der Waals surface area contributed by atoms with Gasteiger partial charge in [-0.1, -0.05) is 28.4 Å². The number of halogens is 1. The van der Waals surface area contributed by atoms with Gasteiger partial charge in [0.2, 0.25) is 0 Å². The average molecular weight is 283 g/mol. The second-order valence-corrected chi connectivity index (χ2v) is 5.64. The molecule has 0 heterocycles. The van der Waals surface area contributed by atoms with E-state index in [1.54, 1.807) is 0 Å². The number of benzene rings is 1. The van der Waals surface area contributed by atoms with Crippen molar-refractivity contribution >= 4 is 21.9 Å². The van der Waals surface area contributed by atoms with Crippen LogP contribution in [0.15, 0.2) is 22.7 Å². The molecule has 16 heavy (non-hydrogen) atoms. The summed E-state index contributed by atoms with van der Waals surface area (Å²) >= 11 is 3.48. The zero-order chi connectivity index (χ0) is 11.8. The highest BCUT2D eigenvalue weighted by Gasteiger charge is 2.40. The molecule has 0 aliphatic heterocycles. The molecular formula is C13H15BrO2. The Morgan fingerprint density at radius 3 is 2.56 bits per heavy atom. The number of rotatable bonds is 3. The molecule has 0 atom stereocenters. The van der Waals surface area contributed by atoms with Crippen molar-refractivity contribution in [3.8, 4) is 0 Å². The Bertz CT molecular complexity index is 402. The van der Waals surface area contributed by atoms with Crippen LogP contribution in [0.4, 0.5) is 0 Å². The zero-order valence-electron chi connectivity index (χ0n) is 9.29. The summed E-state index contributed by atoms with van der Waals surface area (Å²) < 4.78 is 1.04. The lowest BCUT2D eigenvalue weighted by Crippen LogP contribution is -2.36. The fourth-order valence-electron chi connectivity index (χ4n) is 2.50. The Kier molecular flexibility index (Phi) is 3.06. The van der Waals surface area contributed by atoms with Gasteiger partial charge in [0.25, 0.3) is 0 Å². The van der Waals surface area contributed by atoms with E-state index in [1.165, 1.54) is 11.1 Å². The van der Waals surface area contributed by atoms with Crippen LogP contribution in [0, 0.1) is 6.92 Å². The molecule has 1 aliphatic carbocycles. The summed E-state index contributed by atoms with van der Waals surface area (Å²) in [5.74, 6) is -0.697. The highest BCUT2D eigenvalue weighted by Crippen LogP contribution is 2.47. The van der Waals surface area contributed by atoms with Crippen LogP contribution < -0.4 is 0 Å². The van der Waals surface area contributed by atoms with E-state index >= 15 is 0 Å². The molecule has 1 saturated carbocycles. The topological polar surface area (TPSA) is 37.3 Å². The van der Waals surface area contributed by atoms with Gasteiger partial charge in [-0.05, 0) is 43.0 Å². The van der Waals surface area contributed by atoms with Gasteiger partial charge >= 0.3 is 5.97 Å². The third-order valence-corrected chi connectivity index (χ3v) is 3.91. The van der Waals surface area contributed by atoms with Gasteiger partial charge in [-0.2, -0.15) is 0 Å². The van der Waals surface area contributed by atoms with E-state index in [0.29, 0.717) is 0 Å². The lowest BCUT2D eigenvalue weighted by atomic mass is 9.62. The Balaban J connectivity index is 2.36. The smallest absolute Gasteiger partial charge is 0.304 e. The molecular weight excluding hydrogens is 268 g/mol. The van der Waals surface area contributed by atoms with Crippen LogP contribution >= 0.6 is 15.9 Å². The van der Waals surface area contributed by atoms with Gasteiger partial charge in [-0.25, -0.2) is 0 Å². The first kappa shape index (κ1) is 11.6. The number of hydrogen-bond donors (Lipinski definition) is 1. The van der Waals surface area contributed by atoms with E-state index in [1.807, 2.05) is 6.92 Å². The third kappa shape index (κ3) is 2.14. The molecule has 0 bridgehead atoms. The summed E-state index contributed by atoms with van der Waals surface area (Å²) in [5.41, 5.74) is 2.24. The predicted octanol–water partition coefficient (Wildman–Crippen LogP) is 3.65. The molecule has 0 aromatic heterocycles. The van der Waals surface area contributed by atoms with Gasteiger partial charge in [0.05, 0.1) is 6.42 Å². The minimum Gasteiger partial charge on any atom is -0.481 e. The molecule has 3 heteroatoms. The second kappa shape index (κ2) is 4.21. The molecule has 1 N–H and O–H groups in total. The number of carbonyl (C=O) groups is 1. The third-order valence-electron chi connectivity index (χ3n) is 3.45. The SMILES string of the molecule is Cc1cc(Br)cc(C2(CC(=O)O)CCC2)c1. The van der Waals surface area contributed by atoms with Crippen LogP contribution in [0.3, 0.4) is 0 Å². The fourth-order valence-corrected chi connectivity index (χ4v) is 3.11. The first-order valence-corrected chi connectivity index (χ1v) is 6.31. The molecule has 0 spiro atoms. The van der Waals surface area contributed by atoms with Crippen molar-refractivity contribution in [2.45, 2.75) is 38.0 Å². The molecule has 2 nitrogen and oxygen atoms in total. The van der Waals surface area contributed by atoms with Crippen molar-refractivity contribution in [1.29, 1.82) is 0 Å². The maximum Gasteiger partial charge on any atom is 0.304 e. The van der Waals surface area contributed by atoms with Crippen LogP contribution in [-0.4, -0.2) is 11.1 Å². The molecule has 1 fully saturated rings. The van der Waals surface area contributed by atoms with Crippen molar-refractivity contribution in [1.82, 2.24) is 0 Å². The number of aliphatic carboxylic acids is 1. The van der Waals surface area contributed by atoms with Gasteiger partial charge in [0.15, 0.2) is 0 Å². The van der Waals surface area contributed by atoms with Crippen LogP contribution in [0.5, 0.6) is 0 Å². The van der Waals surface area contributed by atoms with E-state index in [9.17, 15) is 4.79 Å². The Labute approximate surface area is 104 Å². The maximum absolute atomic E-state index is 10.9. The maximum atomic E-state index is 10.9. The number of aryl methyl sites for hydroxylation is 1. The van der Waals surface area contributed by atoms with Crippen LogP contribution in [-0.2, 0) is 10.2 Å². The molecule has 2 rings (SSSR count). The van der Waals surface area contributed by atoms with Gasteiger partial charge in [-0.3, -0.25) is 4.79 Å². The molecule has 1 aliphatic rings. The summed E-state index contributed by atoms with van der Waals surface area (Å²) in [6.07, 6.45) is 3.38. The van der Waals surface area contributed by atoms with E-state index in [4.69, 9.17) is 5.11 Å². The Morgan fingerprint density at radius 2 is 2.12 bits per heavy atom. The van der Waals surface area contributed by atoms with Crippen molar-refractivity contribution in [2.24, 2.45) is 0 Å². The lowest BCUT2D eigenvalue weighted by molar-refractivity contribution is -0.139. The monoisotopic (exact) mass is 282 g/mol. The van der Waals surface area contributed by atoms with Crippen LogP contribution in [0.1, 0.15) is 36.8 Å². The van der Waals surface area contributed by atoms with Gasteiger partial charge in [0.1, 0.15) is 0 Å². The largest absolute Gasteiger partial charge is 0.481 e. The van der Waals surface area contributed by atoms with Gasteiger partial charge in [-0.15, -0.1) is 0 Å². The summed E-state index contributed by atoms with van der Waals surface area (Å²) in [6, 6.07) is 6.23. The van der Waals surface area contributed by atoms with E-state index in [0.717, 1.165) is 23.7 Å². The van der Waals surface area contributed by atoms with Crippen molar-refractivity contribution in [3.63, 3.8) is 0 Å². The summed E-state index contributed by atoms with van der Waals surface area (Å²) in [6.45, 7) is 2.04. The van der Waals surface area contributed by atoms with E-state index < -0.39 is 5.97 Å². The minimum atomic E-state index is -0.697. The standard InChI is InChI=1S/C13H15BrO2/c1-9-5-10(7-11(14)6-9)13(3-2-4-13)8-12(15)16/h5-7H,2-4,8H2,1H3,(H,15,16). The van der Waals surface area contributed by atoms with Gasteiger partial charge < -0.3 is 5.11 Å². The number of carboxylic acid groups (broad SMARTS) is 1. The normalized spacial score (nSPS) is 17.9. The van der Waals surface area contributed by atoms with Crippen LogP contribution in [0.2, 0.25) is 0 Å². The van der Waals surface area contributed by atoms with Crippen molar-refractivity contribution < 1.29 is 9.90 Å². The molecule has 0 radical (unpaired) electrons. The zero-order valence-corrected chi connectivity index (χ0v) is 10.9. The van der Waals surface area contributed by atoms with Crippen molar-refractivity contribution in [2.75, 3.05) is 0 Å². The number of carboxylic acids is 1. The Hall–Kier alpha value is -0.830. The predicted molar refractivity (Wildman–Crippen MR) is 66.7 cm³/mol. The summed E-state index contributed by atoms with van der Waals surface area (Å²) in [4.78, 5) is 10.9. The van der Waals surface area contributed by atoms with Gasteiger partial charge in [0, 0.05) is 9.89 Å². The molecule has 0 amide bonds. The van der Waals surface area contributed by atoms with E-state index in [-0.39, 0.29) is 11.8 Å². The lowest BCUT2D eigenvalue weighted by Gasteiger charge is -2.41. The average Bonchev–Trinajstić information content (AvgIpc) is 2.09. The highest BCUT2D eigenvalue weighted by molar-refractivity contribution is 9.10. The first-order valence-electron chi connectivity index (χ1n) is 5.51. The summed E-state index contributed by atoms with van der Waals surface area (Å²) in [7, 11) is 0. The fraction of sp³-hybridized carbons (Fsp3) is 0.462. The minimum absolute atomic E-state index is 0.111. The molecule has 0 saturated heterocycles. The molecule has 1 aromatic rings. The van der Waals surface area contributed by atoms with Crippen LogP contribution in [0.25, 0.3) is 0 Å². The van der Waals surface area contributed by atoms with Crippen molar-refractivity contribution in [3.05, 3.63) is 33.8 Å². The van der Waals surface area contributed by atoms with E-state index in [2.05, 4.69) is 34.1 Å². The molecule has 86 valence electrons. The highest BCUT2D eigenvalue weighted by atomic mass is 79.9. The molecule has 1 aromatic carbocycles. The second-order valence-electron chi connectivity index (χ2n) is 4.72. The first-order chi connectivity index (χ1) is 7.52. The quantitative estimate of drug-likeness (QED) is 0.919. The molecule has 0 unspecified atom stereocenters. The Morgan fingerprint density at radius 1 is 1.44 bits per heavy atom.